The van der Waals surface area contributed by atoms with Gasteiger partial charge >= 0.3 is 5.51 Å². The monoisotopic (exact) mass is 383 g/mol. The summed E-state index contributed by atoms with van der Waals surface area (Å²) in [5.41, 5.74) is -5.60. The maximum atomic E-state index is 13.4. The van der Waals surface area contributed by atoms with Crippen molar-refractivity contribution in [2.45, 2.75) is 43.2 Å². The molecule has 0 radical (unpaired) electrons. The van der Waals surface area contributed by atoms with Gasteiger partial charge in [-0.2, -0.15) is 13.2 Å². The van der Waals surface area contributed by atoms with E-state index in [1.165, 1.54) is 4.90 Å². The zero-order valence-corrected chi connectivity index (χ0v) is 14.8. The number of sulfone groups is 1. The third-order valence-corrected chi connectivity index (χ3v) is 5.48. The van der Waals surface area contributed by atoms with E-state index in [-0.39, 0.29) is 11.8 Å². The molecule has 9 heteroatoms. The number of benzene rings is 1. The van der Waals surface area contributed by atoms with Crippen molar-refractivity contribution in [2.24, 2.45) is 5.92 Å². The van der Waals surface area contributed by atoms with Gasteiger partial charge in [-0.1, -0.05) is 13.8 Å². The highest BCUT2D eigenvalue weighted by atomic mass is 32.2. The van der Waals surface area contributed by atoms with Crippen LogP contribution in [0, 0.1) is 11.7 Å². The fourth-order valence-corrected chi connectivity index (χ4v) is 3.67. The Morgan fingerprint density at radius 1 is 1.24 bits per heavy atom. The zero-order valence-electron chi connectivity index (χ0n) is 14.0. The number of rotatable bonds is 5. The van der Waals surface area contributed by atoms with Gasteiger partial charge in [-0.25, -0.2) is 12.8 Å². The number of hydrogen-bond donors (Lipinski definition) is 0. The minimum atomic E-state index is -5.63. The number of piperidine rings is 1. The SMILES string of the molecule is CC(C)COC1CCN(c2ccc(F)cc2S(=O)(=O)C(F)(F)F)CC1. The van der Waals surface area contributed by atoms with Crippen LogP contribution >= 0.6 is 0 Å². The summed E-state index contributed by atoms with van der Waals surface area (Å²) < 4.78 is 81.3. The summed E-state index contributed by atoms with van der Waals surface area (Å²) >= 11 is 0. The molecule has 1 heterocycles. The molecule has 1 aromatic rings. The van der Waals surface area contributed by atoms with Gasteiger partial charge in [0, 0.05) is 19.7 Å². The van der Waals surface area contributed by atoms with Crippen LogP contribution in [0.5, 0.6) is 0 Å². The Hall–Kier alpha value is -1.35. The molecule has 1 aromatic carbocycles. The van der Waals surface area contributed by atoms with Crippen molar-refractivity contribution >= 4 is 15.5 Å². The van der Waals surface area contributed by atoms with Gasteiger partial charge in [0.25, 0.3) is 9.84 Å². The van der Waals surface area contributed by atoms with E-state index in [0.717, 1.165) is 12.1 Å². The molecule has 0 aromatic heterocycles. The third kappa shape index (κ3) is 4.63. The van der Waals surface area contributed by atoms with Crippen molar-refractivity contribution in [1.29, 1.82) is 0 Å². The minimum absolute atomic E-state index is 0.0122. The van der Waals surface area contributed by atoms with Gasteiger partial charge in [-0.3, -0.25) is 0 Å². The molecule has 0 aliphatic carbocycles. The molecule has 25 heavy (non-hydrogen) atoms. The summed E-state index contributed by atoms with van der Waals surface area (Å²) in [6.45, 7) is 5.31. The number of nitrogens with zero attached hydrogens (tertiary/aromatic N) is 1. The van der Waals surface area contributed by atoms with Crippen LogP contribution in [0.1, 0.15) is 26.7 Å². The van der Waals surface area contributed by atoms with Gasteiger partial charge in [0.1, 0.15) is 10.7 Å². The average Bonchev–Trinajstić information content (AvgIpc) is 2.52. The number of hydrogen-bond acceptors (Lipinski definition) is 4. The summed E-state index contributed by atoms with van der Waals surface area (Å²) in [5, 5.41) is 0. The lowest BCUT2D eigenvalue weighted by atomic mass is 10.1. The Bertz CT molecular complexity index is 696. The number of halogens is 4. The van der Waals surface area contributed by atoms with Crippen molar-refractivity contribution < 1.29 is 30.7 Å². The lowest BCUT2D eigenvalue weighted by Crippen LogP contribution is -2.38. The molecular formula is C16H21F4NO3S. The average molecular weight is 383 g/mol. The van der Waals surface area contributed by atoms with E-state index < -0.39 is 26.1 Å². The molecule has 0 unspecified atom stereocenters. The number of ether oxygens (including phenoxy) is 1. The van der Waals surface area contributed by atoms with Crippen LogP contribution in [-0.2, 0) is 14.6 Å². The van der Waals surface area contributed by atoms with Crippen LogP contribution in [0.2, 0.25) is 0 Å². The highest BCUT2D eigenvalue weighted by Crippen LogP contribution is 2.37. The molecule has 0 bridgehead atoms. The van der Waals surface area contributed by atoms with Crippen molar-refractivity contribution in [2.75, 3.05) is 24.6 Å². The molecule has 1 aliphatic heterocycles. The van der Waals surface area contributed by atoms with Gasteiger partial charge in [-0.15, -0.1) is 0 Å². The first-order chi connectivity index (χ1) is 11.5. The molecule has 0 amide bonds. The lowest BCUT2D eigenvalue weighted by molar-refractivity contribution is -0.0436. The quantitative estimate of drug-likeness (QED) is 0.727. The second kappa shape index (κ2) is 7.49. The van der Waals surface area contributed by atoms with E-state index in [4.69, 9.17) is 4.74 Å². The third-order valence-electron chi connectivity index (χ3n) is 3.96. The smallest absolute Gasteiger partial charge is 0.378 e. The Labute approximate surface area is 144 Å². The van der Waals surface area contributed by atoms with E-state index in [1.54, 1.807) is 0 Å². The summed E-state index contributed by atoms with van der Waals surface area (Å²) in [7, 11) is -5.63. The van der Waals surface area contributed by atoms with E-state index in [2.05, 4.69) is 0 Å². The Kier molecular flexibility index (Phi) is 5.98. The zero-order chi connectivity index (χ0) is 18.8. The number of anilines is 1. The van der Waals surface area contributed by atoms with Gasteiger partial charge in [0.2, 0.25) is 0 Å². The lowest BCUT2D eigenvalue weighted by Gasteiger charge is -2.34. The van der Waals surface area contributed by atoms with E-state index in [0.29, 0.717) is 44.5 Å². The molecule has 1 aliphatic rings. The maximum Gasteiger partial charge on any atom is 0.501 e. The molecule has 0 N–H and O–H groups in total. The topological polar surface area (TPSA) is 46.6 Å². The Morgan fingerprint density at radius 3 is 2.36 bits per heavy atom. The van der Waals surface area contributed by atoms with Gasteiger partial charge in [-0.05, 0) is 37.0 Å². The van der Waals surface area contributed by atoms with Crippen LogP contribution in [0.4, 0.5) is 23.2 Å². The minimum Gasteiger partial charge on any atom is -0.378 e. The van der Waals surface area contributed by atoms with Crippen LogP contribution < -0.4 is 4.90 Å². The summed E-state index contributed by atoms with van der Waals surface area (Å²) in [6, 6.07) is 2.48. The summed E-state index contributed by atoms with van der Waals surface area (Å²) in [4.78, 5) is 0.495. The summed E-state index contributed by atoms with van der Waals surface area (Å²) in [6.07, 6.45) is 1.12. The van der Waals surface area contributed by atoms with E-state index >= 15 is 0 Å². The first kappa shape index (κ1) is 20.0. The molecule has 0 saturated carbocycles. The van der Waals surface area contributed by atoms with E-state index in [1.807, 2.05) is 13.8 Å². The van der Waals surface area contributed by atoms with Gasteiger partial charge in [0.05, 0.1) is 11.8 Å². The Balaban J connectivity index is 2.22. The maximum absolute atomic E-state index is 13.4. The van der Waals surface area contributed by atoms with Gasteiger partial charge in [0.15, 0.2) is 0 Å². The highest BCUT2D eigenvalue weighted by Gasteiger charge is 2.48. The second-order valence-electron chi connectivity index (χ2n) is 6.47. The molecule has 0 spiro atoms. The van der Waals surface area contributed by atoms with Crippen LogP contribution in [0.15, 0.2) is 23.1 Å². The van der Waals surface area contributed by atoms with Crippen LogP contribution in [0.25, 0.3) is 0 Å². The fraction of sp³-hybridized carbons (Fsp3) is 0.625. The largest absolute Gasteiger partial charge is 0.501 e. The highest BCUT2D eigenvalue weighted by molar-refractivity contribution is 7.92. The molecule has 1 fully saturated rings. The van der Waals surface area contributed by atoms with Crippen molar-refractivity contribution in [3.05, 3.63) is 24.0 Å². The normalized spacial score (nSPS) is 17.3. The number of alkyl halides is 3. The molecule has 4 nitrogen and oxygen atoms in total. The van der Waals surface area contributed by atoms with Crippen molar-refractivity contribution in [1.82, 2.24) is 0 Å². The van der Waals surface area contributed by atoms with Crippen molar-refractivity contribution in [3.63, 3.8) is 0 Å². The molecule has 1 saturated heterocycles. The molecule has 142 valence electrons. The first-order valence-electron chi connectivity index (χ1n) is 8.00. The molecule has 2 rings (SSSR count). The van der Waals surface area contributed by atoms with Crippen LogP contribution in [0.3, 0.4) is 0 Å². The first-order valence-corrected chi connectivity index (χ1v) is 9.48. The Morgan fingerprint density at radius 2 is 1.84 bits per heavy atom. The summed E-state index contributed by atoms with van der Waals surface area (Å²) in [5.74, 6) is -0.652. The predicted octanol–water partition coefficient (Wildman–Crippen LogP) is 3.76. The standard InChI is InChI=1S/C16H21F4NO3S/c1-11(2)10-24-13-5-7-21(8-6-13)14-4-3-12(17)9-15(14)25(22,23)16(18,19)20/h3-4,9,11,13H,5-8,10H2,1-2H3. The molecular weight excluding hydrogens is 362 g/mol. The van der Waals surface area contributed by atoms with Gasteiger partial charge < -0.3 is 9.64 Å². The second-order valence-corrected chi connectivity index (χ2v) is 8.38. The van der Waals surface area contributed by atoms with Crippen molar-refractivity contribution in [3.8, 4) is 0 Å². The fourth-order valence-electron chi connectivity index (χ4n) is 2.68. The molecule has 0 atom stereocenters. The predicted molar refractivity (Wildman–Crippen MR) is 85.7 cm³/mol. The van der Waals surface area contributed by atoms with E-state index in [9.17, 15) is 26.0 Å². The van der Waals surface area contributed by atoms with Crippen LogP contribution in [-0.4, -0.2) is 39.7 Å².